The van der Waals surface area contributed by atoms with Crippen LogP contribution in [-0.4, -0.2) is 51.8 Å². The Labute approximate surface area is 66.3 Å². The molecule has 1 heterocycles. The van der Waals surface area contributed by atoms with Crippen molar-refractivity contribution in [3.8, 4) is 0 Å². The summed E-state index contributed by atoms with van der Waals surface area (Å²) in [7, 11) is -0.118. The molecule has 64 valence electrons. The van der Waals surface area contributed by atoms with Crippen LogP contribution < -0.4 is 4.90 Å². The molecular formula is C6H14BF2N2+. The lowest BCUT2D eigenvalue weighted by molar-refractivity contribution is -0.894. The van der Waals surface area contributed by atoms with Gasteiger partial charge >= 0.3 is 7.27 Å². The fraction of sp³-hybridized carbons (Fsp3) is 1.00. The van der Waals surface area contributed by atoms with E-state index in [1.165, 1.54) is 0 Å². The van der Waals surface area contributed by atoms with Gasteiger partial charge in [-0.15, -0.1) is 0 Å². The lowest BCUT2D eigenvalue weighted by atomic mass is 9.98. The summed E-state index contributed by atoms with van der Waals surface area (Å²) in [4.78, 5) is 3.22. The molecule has 1 aliphatic heterocycles. The molecule has 0 aromatic carbocycles. The Morgan fingerprint density at radius 1 is 1.36 bits per heavy atom. The number of hydrogen-bond acceptors (Lipinski definition) is 1. The first-order valence-corrected chi connectivity index (χ1v) is 3.99. The Morgan fingerprint density at radius 3 is 2.36 bits per heavy atom. The van der Waals surface area contributed by atoms with Crippen molar-refractivity contribution in [2.45, 2.75) is 0 Å². The molecule has 2 nitrogen and oxygen atoms in total. The largest absolute Gasteiger partial charge is 0.592 e. The van der Waals surface area contributed by atoms with Crippen molar-refractivity contribution < 1.29 is 13.5 Å². The second kappa shape index (κ2) is 4.02. The molecular weight excluding hydrogens is 149 g/mol. The van der Waals surface area contributed by atoms with Gasteiger partial charge in [-0.1, -0.05) is 0 Å². The summed E-state index contributed by atoms with van der Waals surface area (Å²) in [6.07, 6.45) is 0.0217. The summed E-state index contributed by atoms with van der Waals surface area (Å²) in [5.41, 5.74) is 0. The molecule has 1 fully saturated rings. The number of quaternary nitrogens is 1. The van der Waals surface area contributed by atoms with E-state index < -0.39 is 7.27 Å². The molecule has 11 heavy (non-hydrogen) atoms. The topological polar surface area (TPSA) is 7.68 Å². The van der Waals surface area contributed by atoms with Gasteiger partial charge in [0.1, 0.15) is 6.44 Å². The van der Waals surface area contributed by atoms with E-state index in [1.54, 1.807) is 0 Å². The third-order valence-corrected chi connectivity index (χ3v) is 2.14. The minimum absolute atomic E-state index is 0.0217. The third kappa shape index (κ3) is 3.16. The van der Waals surface area contributed by atoms with Gasteiger partial charge in [-0.3, -0.25) is 13.5 Å². The van der Waals surface area contributed by atoms with Crippen LogP contribution in [0.4, 0.5) is 8.63 Å². The number of piperazine rings is 1. The SMILES string of the molecule is CN1CC[NH+](CB(F)F)CC1. The molecule has 0 aromatic rings. The van der Waals surface area contributed by atoms with E-state index in [-0.39, 0.29) is 6.44 Å². The number of hydrogen-bond donors (Lipinski definition) is 1. The van der Waals surface area contributed by atoms with E-state index in [0.29, 0.717) is 0 Å². The van der Waals surface area contributed by atoms with Crippen molar-refractivity contribution in [2.24, 2.45) is 0 Å². The van der Waals surface area contributed by atoms with Crippen molar-refractivity contribution in [3.05, 3.63) is 0 Å². The zero-order valence-electron chi connectivity index (χ0n) is 6.82. The van der Waals surface area contributed by atoms with Crippen LogP contribution in [0.3, 0.4) is 0 Å². The molecule has 5 heteroatoms. The van der Waals surface area contributed by atoms with Crippen molar-refractivity contribution >= 4 is 7.27 Å². The molecule has 1 rings (SSSR count). The Morgan fingerprint density at radius 2 is 1.91 bits per heavy atom. The maximum Gasteiger partial charge on any atom is 0.592 e. The predicted molar refractivity (Wildman–Crippen MR) is 41.0 cm³/mol. The van der Waals surface area contributed by atoms with E-state index in [0.717, 1.165) is 31.1 Å². The fourth-order valence-corrected chi connectivity index (χ4v) is 1.36. The standard InChI is InChI=1S/C6H13BF2N2/c1-10-2-4-11(5-3-10)6-7(8)9/h2-6H2,1H3/p+1. The molecule has 0 amide bonds. The van der Waals surface area contributed by atoms with E-state index in [2.05, 4.69) is 4.90 Å². The predicted octanol–water partition coefficient (Wildman–Crippen LogP) is -1.22. The van der Waals surface area contributed by atoms with Gasteiger partial charge in [0.2, 0.25) is 0 Å². The number of likely N-dealkylation sites (N-methyl/N-ethyl adjacent to an activating group) is 1. The second-order valence-electron chi connectivity index (χ2n) is 3.15. The van der Waals surface area contributed by atoms with Crippen LogP contribution in [0.5, 0.6) is 0 Å². The van der Waals surface area contributed by atoms with Crippen molar-refractivity contribution in [3.63, 3.8) is 0 Å². The number of nitrogens with zero attached hydrogens (tertiary/aromatic N) is 1. The molecule has 0 saturated carbocycles. The van der Waals surface area contributed by atoms with Crippen LogP contribution >= 0.6 is 0 Å². The normalized spacial score (nSPS) is 22.1. The Balaban J connectivity index is 2.17. The first-order valence-electron chi connectivity index (χ1n) is 3.99. The minimum Gasteiger partial charge on any atom is -0.334 e. The summed E-state index contributed by atoms with van der Waals surface area (Å²) in [6.45, 7) is 3.62. The van der Waals surface area contributed by atoms with E-state index in [9.17, 15) is 8.63 Å². The van der Waals surface area contributed by atoms with Gasteiger partial charge in [-0.05, 0) is 7.05 Å². The van der Waals surface area contributed by atoms with Crippen molar-refractivity contribution in [1.82, 2.24) is 4.90 Å². The Kier molecular flexibility index (Phi) is 3.26. The summed E-state index contributed by atoms with van der Waals surface area (Å²) in [6, 6.07) is 0. The average Bonchev–Trinajstić information content (AvgIpc) is 1.93. The zero-order chi connectivity index (χ0) is 8.27. The van der Waals surface area contributed by atoms with Crippen LogP contribution in [0.1, 0.15) is 0 Å². The molecule has 0 bridgehead atoms. The highest BCUT2D eigenvalue weighted by Crippen LogP contribution is 1.83. The van der Waals surface area contributed by atoms with Crippen LogP contribution in [0.15, 0.2) is 0 Å². The number of halogens is 2. The van der Waals surface area contributed by atoms with Crippen LogP contribution in [0.25, 0.3) is 0 Å². The second-order valence-corrected chi connectivity index (χ2v) is 3.15. The molecule has 0 aliphatic carbocycles. The third-order valence-electron chi connectivity index (χ3n) is 2.14. The molecule has 0 unspecified atom stereocenters. The molecule has 0 radical (unpaired) electrons. The lowest BCUT2D eigenvalue weighted by Crippen LogP contribution is -3.15. The summed E-state index contributed by atoms with van der Waals surface area (Å²) in [5.74, 6) is 0. The van der Waals surface area contributed by atoms with Crippen LogP contribution in [0.2, 0.25) is 0 Å². The average molecular weight is 163 g/mol. The quantitative estimate of drug-likeness (QED) is 0.501. The van der Waals surface area contributed by atoms with Crippen LogP contribution in [-0.2, 0) is 0 Å². The Bertz CT molecular complexity index is 115. The van der Waals surface area contributed by atoms with Gasteiger partial charge in [0, 0.05) is 13.1 Å². The van der Waals surface area contributed by atoms with Gasteiger partial charge in [-0.2, -0.15) is 0 Å². The van der Waals surface area contributed by atoms with Gasteiger partial charge in [0.05, 0.1) is 13.1 Å². The molecule has 0 atom stereocenters. The summed E-state index contributed by atoms with van der Waals surface area (Å²) < 4.78 is 23.8. The summed E-state index contributed by atoms with van der Waals surface area (Å²) in [5, 5.41) is 0. The van der Waals surface area contributed by atoms with Crippen molar-refractivity contribution in [2.75, 3.05) is 39.7 Å². The zero-order valence-corrected chi connectivity index (χ0v) is 6.82. The molecule has 0 aromatic heterocycles. The van der Waals surface area contributed by atoms with Gasteiger partial charge in [0.25, 0.3) is 0 Å². The maximum atomic E-state index is 11.9. The van der Waals surface area contributed by atoms with Crippen LogP contribution in [0, 0.1) is 0 Å². The highest BCUT2D eigenvalue weighted by atomic mass is 19.2. The lowest BCUT2D eigenvalue weighted by Gasteiger charge is -2.28. The van der Waals surface area contributed by atoms with E-state index >= 15 is 0 Å². The van der Waals surface area contributed by atoms with Crippen molar-refractivity contribution in [1.29, 1.82) is 0 Å². The van der Waals surface area contributed by atoms with Gasteiger partial charge < -0.3 is 4.90 Å². The van der Waals surface area contributed by atoms with Gasteiger partial charge in [-0.25, -0.2) is 0 Å². The number of nitrogens with one attached hydrogen (secondary N) is 1. The molecule has 1 N–H and O–H groups in total. The summed E-state index contributed by atoms with van der Waals surface area (Å²) >= 11 is 0. The van der Waals surface area contributed by atoms with E-state index in [1.807, 2.05) is 7.05 Å². The monoisotopic (exact) mass is 163 g/mol. The molecule has 1 aliphatic rings. The first-order chi connectivity index (χ1) is 5.18. The number of rotatable bonds is 2. The van der Waals surface area contributed by atoms with Gasteiger partial charge in [0.15, 0.2) is 0 Å². The fourth-order valence-electron chi connectivity index (χ4n) is 1.36. The minimum atomic E-state index is -2.14. The highest BCUT2D eigenvalue weighted by Gasteiger charge is 2.24. The smallest absolute Gasteiger partial charge is 0.334 e. The maximum absolute atomic E-state index is 11.9. The van der Waals surface area contributed by atoms with E-state index in [4.69, 9.17) is 0 Å². The Hall–Kier alpha value is -0.155. The molecule has 0 spiro atoms. The first kappa shape index (κ1) is 8.94. The highest BCUT2D eigenvalue weighted by molar-refractivity contribution is 6.42. The molecule has 1 saturated heterocycles.